The molecule has 0 aromatic heterocycles. The maximum Gasteiger partial charge on any atom is 0.243 e. The standard InChI is InChI=1S/C17H23N3O3.ClH/c1-12(21)20(15-6-7-15)10-13-2-4-14(5-3-13)19-17(22)16-11-23-9-8-18-16;/h2-5,15-16,18H,6-11H2,1H3,(H,19,22);1H. The number of nitrogens with zero attached hydrogens (tertiary/aromatic N) is 1. The predicted molar refractivity (Wildman–Crippen MR) is 94.2 cm³/mol. The highest BCUT2D eigenvalue weighted by molar-refractivity contribution is 5.95. The zero-order valence-corrected chi connectivity index (χ0v) is 14.6. The summed E-state index contributed by atoms with van der Waals surface area (Å²) in [4.78, 5) is 25.7. The molecule has 2 aliphatic rings. The number of benzene rings is 1. The number of anilines is 1. The monoisotopic (exact) mass is 353 g/mol. The van der Waals surface area contributed by atoms with Crippen LogP contribution in [0, 0.1) is 0 Å². The summed E-state index contributed by atoms with van der Waals surface area (Å²) in [7, 11) is 0. The Morgan fingerprint density at radius 1 is 1.29 bits per heavy atom. The van der Waals surface area contributed by atoms with Gasteiger partial charge in [-0.05, 0) is 30.5 Å². The molecule has 132 valence electrons. The zero-order chi connectivity index (χ0) is 16.2. The van der Waals surface area contributed by atoms with Crippen LogP contribution in [0.1, 0.15) is 25.3 Å². The number of carbonyl (C=O) groups is 2. The van der Waals surface area contributed by atoms with Crippen molar-refractivity contribution in [2.45, 2.75) is 38.4 Å². The topological polar surface area (TPSA) is 70.7 Å². The Balaban J connectivity index is 0.00000208. The summed E-state index contributed by atoms with van der Waals surface area (Å²) in [6.07, 6.45) is 2.20. The van der Waals surface area contributed by atoms with E-state index in [-0.39, 0.29) is 30.3 Å². The summed E-state index contributed by atoms with van der Waals surface area (Å²) in [5.41, 5.74) is 1.83. The van der Waals surface area contributed by atoms with Crippen LogP contribution in [0.2, 0.25) is 0 Å². The molecule has 2 amide bonds. The highest BCUT2D eigenvalue weighted by Gasteiger charge is 2.30. The Labute approximate surface area is 148 Å². The first kappa shape index (κ1) is 18.7. The summed E-state index contributed by atoms with van der Waals surface area (Å²) in [6.45, 7) is 3.99. The van der Waals surface area contributed by atoms with Crippen molar-refractivity contribution in [1.82, 2.24) is 10.2 Å². The van der Waals surface area contributed by atoms with Gasteiger partial charge < -0.3 is 20.3 Å². The molecule has 7 heteroatoms. The van der Waals surface area contributed by atoms with Gasteiger partial charge in [0.1, 0.15) is 6.04 Å². The van der Waals surface area contributed by atoms with Crippen LogP contribution in [0.4, 0.5) is 5.69 Å². The van der Waals surface area contributed by atoms with Gasteiger partial charge in [-0.15, -0.1) is 12.4 Å². The van der Waals surface area contributed by atoms with Crippen LogP contribution in [0.25, 0.3) is 0 Å². The fourth-order valence-corrected chi connectivity index (χ4v) is 2.74. The molecule has 3 rings (SSSR count). The molecule has 2 N–H and O–H groups in total. The Hall–Kier alpha value is -1.63. The SMILES string of the molecule is CC(=O)N(Cc1ccc(NC(=O)C2COCCN2)cc1)C1CC1.Cl. The van der Waals surface area contributed by atoms with Crippen LogP contribution in [0.15, 0.2) is 24.3 Å². The second-order valence-corrected chi connectivity index (χ2v) is 6.15. The number of nitrogens with one attached hydrogen (secondary N) is 2. The molecule has 1 aromatic rings. The predicted octanol–water partition coefficient (Wildman–Crippen LogP) is 1.55. The van der Waals surface area contributed by atoms with E-state index in [1.807, 2.05) is 29.2 Å². The van der Waals surface area contributed by atoms with E-state index < -0.39 is 0 Å². The fraction of sp³-hybridized carbons (Fsp3) is 0.529. The molecule has 1 unspecified atom stereocenters. The van der Waals surface area contributed by atoms with Crippen molar-refractivity contribution in [3.8, 4) is 0 Å². The van der Waals surface area contributed by atoms with Gasteiger partial charge in [0.15, 0.2) is 0 Å². The van der Waals surface area contributed by atoms with Crippen molar-refractivity contribution in [3.63, 3.8) is 0 Å². The van der Waals surface area contributed by atoms with Crippen LogP contribution in [0.3, 0.4) is 0 Å². The van der Waals surface area contributed by atoms with Crippen molar-refractivity contribution in [3.05, 3.63) is 29.8 Å². The number of hydrogen-bond acceptors (Lipinski definition) is 4. The van der Waals surface area contributed by atoms with Gasteiger partial charge in [0.25, 0.3) is 0 Å². The third-order valence-electron chi connectivity index (χ3n) is 4.20. The Morgan fingerprint density at radius 2 is 2.00 bits per heavy atom. The van der Waals surface area contributed by atoms with Gasteiger partial charge >= 0.3 is 0 Å². The normalized spacial score (nSPS) is 20.0. The molecule has 1 saturated carbocycles. The molecule has 0 bridgehead atoms. The van der Waals surface area contributed by atoms with Gasteiger partial charge in [-0.2, -0.15) is 0 Å². The first-order valence-electron chi connectivity index (χ1n) is 8.11. The van der Waals surface area contributed by atoms with Crippen LogP contribution < -0.4 is 10.6 Å². The van der Waals surface area contributed by atoms with E-state index in [2.05, 4.69) is 10.6 Å². The maximum atomic E-state index is 12.1. The van der Waals surface area contributed by atoms with Crippen LogP contribution >= 0.6 is 12.4 Å². The van der Waals surface area contributed by atoms with Crippen LogP contribution in [0.5, 0.6) is 0 Å². The lowest BCUT2D eigenvalue weighted by Crippen LogP contribution is -2.48. The first-order valence-corrected chi connectivity index (χ1v) is 8.11. The second-order valence-electron chi connectivity index (χ2n) is 6.15. The molecule has 2 fully saturated rings. The van der Waals surface area contributed by atoms with Crippen molar-refractivity contribution in [1.29, 1.82) is 0 Å². The van der Waals surface area contributed by atoms with Crippen molar-refractivity contribution < 1.29 is 14.3 Å². The van der Waals surface area contributed by atoms with Gasteiger partial charge in [0, 0.05) is 31.7 Å². The molecular weight excluding hydrogens is 330 g/mol. The number of ether oxygens (including phenoxy) is 1. The third-order valence-corrected chi connectivity index (χ3v) is 4.20. The van der Waals surface area contributed by atoms with E-state index in [1.54, 1.807) is 6.92 Å². The first-order chi connectivity index (χ1) is 11.1. The van der Waals surface area contributed by atoms with Gasteiger partial charge in [-0.3, -0.25) is 9.59 Å². The summed E-state index contributed by atoms with van der Waals surface area (Å²) >= 11 is 0. The average molecular weight is 354 g/mol. The highest BCUT2D eigenvalue weighted by atomic mass is 35.5. The van der Waals surface area contributed by atoms with E-state index in [4.69, 9.17) is 4.74 Å². The average Bonchev–Trinajstić information content (AvgIpc) is 3.39. The number of halogens is 1. The van der Waals surface area contributed by atoms with Crippen molar-refractivity contribution >= 4 is 29.9 Å². The molecule has 1 aromatic carbocycles. The summed E-state index contributed by atoms with van der Waals surface area (Å²) in [6, 6.07) is 7.78. The smallest absolute Gasteiger partial charge is 0.243 e. The number of morpholine rings is 1. The van der Waals surface area contributed by atoms with Gasteiger partial charge in [-0.25, -0.2) is 0 Å². The van der Waals surface area contributed by atoms with Gasteiger partial charge in [0.2, 0.25) is 11.8 Å². The summed E-state index contributed by atoms with van der Waals surface area (Å²) < 4.78 is 5.29. The number of carbonyl (C=O) groups excluding carboxylic acids is 2. The lowest BCUT2D eigenvalue weighted by molar-refractivity contribution is -0.130. The Kier molecular flexibility index (Phi) is 6.60. The zero-order valence-electron chi connectivity index (χ0n) is 13.8. The molecule has 1 atom stereocenters. The van der Waals surface area contributed by atoms with Crippen molar-refractivity contribution in [2.24, 2.45) is 0 Å². The molecule has 1 aliphatic carbocycles. The molecule has 1 saturated heterocycles. The van der Waals surface area contributed by atoms with E-state index >= 15 is 0 Å². The quantitative estimate of drug-likeness (QED) is 0.842. The molecular formula is C17H24ClN3O3. The van der Waals surface area contributed by atoms with Crippen molar-refractivity contribution in [2.75, 3.05) is 25.1 Å². The van der Waals surface area contributed by atoms with E-state index in [9.17, 15) is 9.59 Å². The molecule has 0 spiro atoms. The Bertz CT molecular complexity index is 569. The second kappa shape index (κ2) is 8.46. The van der Waals surface area contributed by atoms with E-state index in [0.717, 1.165) is 24.1 Å². The maximum absolute atomic E-state index is 12.1. The van der Waals surface area contributed by atoms with E-state index in [1.165, 1.54) is 0 Å². The third kappa shape index (κ3) is 4.93. The number of amides is 2. The lowest BCUT2D eigenvalue weighted by atomic mass is 10.1. The lowest BCUT2D eigenvalue weighted by Gasteiger charge is -2.23. The molecule has 0 radical (unpaired) electrons. The van der Waals surface area contributed by atoms with Gasteiger partial charge in [-0.1, -0.05) is 12.1 Å². The number of hydrogen-bond donors (Lipinski definition) is 2. The largest absolute Gasteiger partial charge is 0.378 e. The minimum absolute atomic E-state index is 0. The minimum atomic E-state index is -0.300. The van der Waals surface area contributed by atoms with Gasteiger partial charge in [0.05, 0.1) is 13.2 Å². The minimum Gasteiger partial charge on any atom is -0.378 e. The molecule has 24 heavy (non-hydrogen) atoms. The highest BCUT2D eigenvalue weighted by Crippen LogP contribution is 2.28. The number of rotatable bonds is 5. The summed E-state index contributed by atoms with van der Waals surface area (Å²) in [5, 5.41) is 6.02. The van der Waals surface area contributed by atoms with E-state index in [0.29, 0.717) is 32.3 Å². The molecule has 1 aliphatic heterocycles. The van der Waals surface area contributed by atoms with Crippen LogP contribution in [-0.2, 0) is 20.9 Å². The fourth-order valence-electron chi connectivity index (χ4n) is 2.74. The molecule has 6 nitrogen and oxygen atoms in total. The summed E-state index contributed by atoms with van der Waals surface area (Å²) in [5.74, 6) is 0.0362. The molecule has 1 heterocycles. The van der Waals surface area contributed by atoms with Crippen LogP contribution in [-0.4, -0.2) is 48.6 Å². The Morgan fingerprint density at radius 3 is 2.54 bits per heavy atom.